The Morgan fingerprint density at radius 2 is 2.11 bits per heavy atom. The van der Waals surface area contributed by atoms with E-state index < -0.39 is 40.9 Å². The summed E-state index contributed by atoms with van der Waals surface area (Å²) >= 11 is -0.538. The zero-order valence-electron chi connectivity index (χ0n) is 9.20. The van der Waals surface area contributed by atoms with Crippen LogP contribution in [-0.4, -0.2) is 47.5 Å². The van der Waals surface area contributed by atoms with Crippen LogP contribution in [0, 0.1) is 0 Å². The third-order valence-electron chi connectivity index (χ3n) is 1.52. The van der Waals surface area contributed by atoms with Crippen LogP contribution in [-0.2, 0) is 14.3 Å². The monoisotopic (exact) mass is 287 g/mol. The van der Waals surface area contributed by atoms with Gasteiger partial charge in [0.25, 0.3) is 0 Å². The highest BCUT2D eigenvalue weighted by molar-refractivity contribution is 8.00. The molecular formula is C9H12F3NO4S. The number of nitrogens with one attached hydrogen (secondary N) is 1. The van der Waals surface area contributed by atoms with Crippen LogP contribution in [0.3, 0.4) is 0 Å². The average Bonchev–Trinajstić information content (AvgIpc) is 2.24. The molecule has 0 aliphatic rings. The molecule has 104 valence electrons. The van der Waals surface area contributed by atoms with E-state index in [2.05, 4.69) is 6.58 Å². The van der Waals surface area contributed by atoms with Gasteiger partial charge in [-0.2, -0.15) is 13.2 Å². The number of rotatable bonds is 8. The molecule has 0 saturated heterocycles. The second kappa shape index (κ2) is 7.98. The number of aliphatic carboxylic acids is 1. The summed E-state index contributed by atoms with van der Waals surface area (Å²) < 4.78 is 40.2. The Morgan fingerprint density at radius 3 is 2.56 bits per heavy atom. The number of hydrogen-bond acceptors (Lipinski definition) is 4. The highest BCUT2D eigenvalue weighted by atomic mass is 32.2. The third-order valence-corrected chi connectivity index (χ3v) is 2.25. The Hall–Kier alpha value is -1.22. The second-order valence-corrected chi connectivity index (χ2v) is 4.06. The number of hydrogen-bond donors (Lipinski definition) is 2. The standard InChI is InChI=1S/C9H12F3NO4S/c1-2-3-17-4-6(8(15)16)13-7(14)5-18-9(10,11)12/h2,6H,1,3-5H2,(H,13,14)(H,15,16). The maximum atomic E-state index is 11.8. The van der Waals surface area contributed by atoms with Crippen molar-refractivity contribution in [3.05, 3.63) is 12.7 Å². The van der Waals surface area contributed by atoms with Crippen LogP contribution in [0.4, 0.5) is 13.2 Å². The van der Waals surface area contributed by atoms with Crippen molar-refractivity contribution in [3.63, 3.8) is 0 Å². The number of ether oxygens (including phenoxy) is 1. The number of carboxylic acids is 1. The summed E-state index contributed by atoms with van der Waals surface area (Å²) in [5.41, 5.74) is -4.53. The van der Waals surface area contributed by atoms with Crippen molar-refractivity contribution in [2.75, 3.05) is 19.0 Å². The minimum Gasteiger partial charge on any atom is -0.480 e. The van der Waals surface area contributed by atoms with Crippen molar-refractivity contribution in [1.29, 1.82) is 0 Å². The van der Waals surface area contributed by atoms with Crippen LogP contribution < -0.4 is 5.32 Å². The van der Waals surface area contributed by atoms with E-state index in [1.165, 1.54) is 6.08 Å². The molecule has 0 aliphatic carbocycles. The van der Waals surface area contributed by atoms with Crippen LogP contribution in [0.1, 0.15) is 0 Å². The minimum absolute atomic E-state index is 0.0803. The summed E-state index contributed by atoms with van der Waals surface area (Å²) in [6, 6.07) is -1.38. The number of amides is 1. The summed E-state index contributed by atoms with van der Waals surface area (Å²) in [5, 5.41) is 10.6. The van der Waals surface area contributed by atoms with Crippen LogP contribution >= 0.6 is 11.8 Å². The first kappa shape index (κ1) is 16.8. The molecule has 0 saturated carbocycles. The number of carboxylic acid groups (broad SMARTS) is 1. The van der Waals surface area contributed by atoms with Crippen LogP contribution in [0.25, 0.3) is 0 Å². The summed E-state index contributed by atoms with van der Waals surface area (Å²) in [4.78, 5) is 21.7. The number of carbonyl (C=O) groups is 2. The molecule has 0 rings (SSSR count). The minimum atomic E-state index is -4.53. The summed E-state index contributed by atoms with van der Waals surface area (Å²) in [7, 11) is 0. The van der Waals surface area contributed by atoms with Crippen molar-refractivity contribution in [3.8, 4) is 0 Å². The third kappa shape index (κ3) is 8.88. The van der Waals surface area contributed by atoms with Crippen molar-refractivity contribution in [1.82, 2.24) is 5.32 Å². The van der Waals surface area contributed by atoms with Crippen molar-refractivity contribution >= 4 is 23.6 Å². The molecule has 1 atom stereocenters. The number of alkyl halides is 3. The van der Waals surface area contributed by atoms with Gasteiger partial charge in [-0.1, -0.05) is 6.08 Å². The Bertz CT molecular complexity index is 309. The highest BCUT2D eigenvalue weighted by Crippen LogP contribution is 2.29. The largest absolute Gasteiger partial charge is 0.480 e. The van der Waals surface area contributed by atoms with E-state index >= 15 is 0 Å². The summed E-state index contributed by atoms with van der Waals surface area (Å²) in [6.07, 6.45) is 1.38. The first-order valence-electron chi connectivity index (χ1n) is 4.67. The second-order valence-electron chi connectivity index (χ2n) is 3.02. The van der Waals surface area contributed by atoms with E-state index in [0.29, 0.717) is 0 Å². The summed E-state index contributed by atoms with van der Waals surface area (Å²) in [6.45, 7) is 3.07. The molecule has 1 unspecified atom stereocenters. The van der Waals surface area contributed by atoms with Gasteiger partial charge in [0.15, 0.2) is 6.04 Å². The zero-order valence-corrected chi connectivity index (χ0v) is 10.0. The predicted molar refractivity (Wildman–Crippen MR) is 59.1 cm³/mol. The molecule has 0 spiro atoms. The number of halogens is 3. The van der Waals surface area contributed by atoms with E-state index in [9.17, 15) is 22.8 Å². The average molecular weight is 287 g/mol. The van der Waals surface area contributed by atoms with Gasteiger partial charge in [-0.3, -0.25) is 4.79 Å². The smallest absolute Gasteiger partial charge is 0.442 e. The van der Waals surface area contributed by atoms with Gasteiger partial charge in [-0.25, -0.2) is 4.79 Å². The van der Waals surface area contributed by atoms with Gasteiger partial charge in [0, 0.05) is 0 Å². The molecule has 0 heterocycles. The highest BCUT2D eigenvalue weighted by Gasteiger charge is 2.30. The van der Waals surface area contributed by atoms with Gasteiger partial charge >= 0.3 is 11.5 Å². The van der Waals surface area contributed by atoms with Crippen molar-refractivity contribution in [2.24, 2.45) is 0 Å². The molecule has 1 amide bonds. The van der Waals surface area contributed by atoms with Crippen molar-refractivity contribution in [2.45, 2.75) is 11.6 Å². The molecule has 9 heteroatoms. The van der Waals surface area contributed by atoms with E-state index in [1.807, 2.05) is 5.32 Å². The summed E-state index contributed by atoms with van der Waals surface area (Å²) in [5.74, 6) is -3.30. The Labute approximate surface area is 105 Å². The maximum Gasteiger partial charge on any atom is 0.442 e. The van der Waals surface area contributed by atoms with Gasteiger partial charge in [-0.05, 0) is 11.8 Å². The molecule has 5 nitrogen and oxygen atoms in total. The molecule has 2 N–H and O–H groups in total. The topological polar surface area (TPSA) is 75.6 Å². The first-order chi connectivity index (χ1) is 8.26. The lowest BCUT2D eigenvalue weighted by molar-refractivity contribution is -0.143. The van der Waals surface area contributed by atoms with Crippen LogP contribution in [0.2, 0.25) is 0 Å². The van der Waals surface area contributed by atoms with E-state index in [0.717, 1.165) is 0 Å². The quantitative estimate of drug-likeness (QED) is 0.515. The van der Waals surface area contributed by atoms with Gasteiger partial charge in [0.2, 0.25) is 5.91 Å². The molecular weight excluding hydrogens is 275 g/mol. The fraction of sp³-hybridized carbons (Fsp3) is 0.556. The Morgan fingerprint density at radius 1 is 1.50 bits per heavy atom. The van der Waals surface area contributed by atoms with Gasteiger partial charge in [-0.15, -0.1) is 6.58 Å². The Balaban J connectivity index is 4.11. The molecule has 0 aromatic heterocycles. The maximum absolute atomic E-state index is 11.8. The van der Waals surface area contributed by atoms with Crippen LogP contribution in [0.5, 0.6) is 0 Å². The van der Waals surface area contributed by atoms with Crippen LogP contribution in [0.15, 0.2) is 12.7 Å². The molecule has 0 bridgehead atoms. The van der Waals surface area contributed by atoms with E-state index in [1.54, 1.807) is 0 Å². The molecule has 0 radical (unpaired) electrons. The molecule has 0 fully saturated rings. The fourth-order valence-corrected chi connectivity index (χ4v) is 1.21. The normalized spacial score (nSPS) is 12.8. The zero-order chi connectivity index (χ0) is 14.2. The van der Waals surface area contributed by atoms with Gasteiger partial charge in [0.1, 0.15) is 0 Å². The molecule has 0 aliphatic heterocycles. The molecule has 0 aromatic rings. The fourth-order valence-electron chi connectivity index (χ4n) is 0.827. The van der Waals surface area contributed by atoms with Gasteiger partial charge < -0.3 is 15.2 Å². The predicted octanol–water partition coefficient (Wildman–Crippen LogP) is 1.01. The lowest BCUT2D eigenvalue weighted by Crippen LogP contribution is -2.45. The molecule has 0 aromatic carbocycles. The van der Waals surface area contributed by atoms with Gasteiger partial charge in [0.05, 0.1) is 19.0 Å². The van der Waals surface area contributed by atoms with Crippen molar-refractivity contribution < 1.29 is 32.6 Å². The SMILES string of the molecule is C=CCOCC(NC(=O)CSC(F)(F)F)C(=O)O. The lowest BCUT2D eigenvalue weighted by atomic mass is 10.3. The lowest BCUT2D eigenvalue weighted by Gasteiger charge is -2.14. The Kier molecular flexibility index (Phi) is 7.44. The number of carbonyl (C=O) groups excluding carboxylic acids is 1. The number of thioether (sulfide) groups is 1. The molecule has 18 heavy (non-hydrogen) atoms. The first-order valence-corrected chi connectivity index (χ1v) is 5.66. The van der Waals surface area contributed by atoms with E-state index in [4.69, 9.17) is 9.84 Å². The van der Waals surface area contributed by atoms with E-state index in [-0.39, 0.29) is 13.2 Å².